The molecule has 47 heavy (non-hydrogen) atoms. The molecule has 0 spiro atoms. The molecule has 0 atom stereocenters. The molecule has 0 bridgehead atoms. The van der Waals surface area contributed by atoms with Crippen molar-refractivity contribution in [3.8, 4) is 11.3 Å². The topological polar surface area (TPSA) is 63.1 Å². The number of aliphatic hydroxyl groups is 1. The number of carbonyl (C=O) groups is 1. The van der Waals surface area contributed by atoms with Gasteiger partial charge in [0.1, 0.15) is 0 Å². The number of benzene rings is 4. The van der Waals surface area contributed by atoms with Gasteiger partial charge in [0.25, 0.3) is 0 Å². The predicted octanol–water partition coefficient (Wildman–Crippen LogP) is 11.7. The molecular formula is C42H51IrN2O2-. The maximum Gasteiger partial charge on any atom is 0.162 e. The number of hydrogen-bond acceptors (Lipinski definition) is 4. The minimum atomic E-state index is 0. The average molecular weight is 808 g/mol. The van der Waals surface area contributed by atoms with E-state index in [-0.39, 0.29) is 54.8 Å². The van der Waals surface area contributed by atoms with E-state index in [4.69, 9.17) is 9.97 Å². The average Bonchev–Trinajstić information content (AvgIpc) is 3.03. The van der Waals surface area contributed by atoms with Crippen LogP contribution in [-0.2, 0) is 30.3 Å². The molecule has 5 heteroatoms. The Morgan fingerprint density at radius 1 is 0.809 bits per heavy atom. The fourth-order valence-corrected chi connectivity index (χ4v) is 6.11. The molecule has 0 aliphatic carbocycles. The number of nitrogens with zero attached hydrogens (tertiary/aromatic N) is 2. The SMILES string of the molecule is CC(C)c1nc2cc3ccccc3cc2nc1-c1[c-]c2ccccc2c(C(C)(C)C)c1.CCC(CC)C(=O)/C=C(\O)C(CC)CC.[Ir]. The van der Waals surface area contributed by atoms with Gasteiger partial charge in [0, 0.05) is 49.4 Å². The fourth-order valence-electron chi connectivity index (χ4n) is 6.11. The Labute approximate surface area is 295 Å². The van der Waals surface area contributed by atoms with Gasteiger partial charge in [-0.15, -0.1) is 29.1 Å². The molecule has 0 fully saturated rings. The van der Waals surface area contributed by atoms with Gasteiger partial charge < -0.3 is 5.11 Å². The summed E-state index contributed by atoms with van der Waals surface area (Å²) in [5.41, 5.74) is 6.19. The van der Waals surface area contributed by atoms with Gasteiger partial charge in [-0.2, -0.15) is 0 Å². The van der Waals surface area contributed by atoms with E-state index in [1.54, 1.807) is 0 Å². The van der Waals surface area contributed by atoms with Crippen LogP contribution in [0.3, 0.4) is 0 Å². The maximum absolute atomic E-state index is 11.7. The Hall–Kier alpha value is -3.40. The molecule has 4 aromatic carbocycles. The molecule has 5 aromatic rings. The van der Waals surface area contributed by atoms with E-state index in [9.17, 15) is 9.90 Å². The molecule has 4 nitrogen and oxygen atoms in total. The number of aliphatic hydroxyl groups excluding tert-OH is 1. The Morgan fingerprint density at radius 3 is 1.87 bits per heavy atom. The number of ketones is 1. The Bertz CT molecular complexity index is 1840. The van der Waals surface area contributed by atoms with Gasteiger partial charge in [0.15, 0.2) is 5.78 Å². The molecule has 1 heterocycles. The largest absolute Gasteiger partial charge is 0.512 e. The quantitative estimate of drug-likeness (QED) is 0.0697. The Kier molecular flexibility index (Phi) is 13.5. The van der Waals surface area contributed by atoms with Gasteiger partial charge in [0.2, 0.25) is 0 Å². The van der Waals surface area contributed by atoms with Gasteiger partial charge in [-0.25, -0.2) is 0 Å². The molecule has 0 amide bonds. The third kappa shape index (κ3) is 8.94. The van der Waals surface area contributed by atoms with Crippen LogP contribution in [0.5, 0.6) is 0 Å². The summed E-state index contributed by atoms with van der Waals surface area (Å²) in [6.07, 6.45) is 4.91. The Balaban J connectivity index is 0.000000322. The smallest absolute Gasteiger partial charge is 0.162 e. The zero-order valence-corrected chi connectivity index (χ0v) is 32.0. The number of carbonyl (C=O) groups excluding carboxylic acids is 1. The molecule has 0 unspecified atom stereocenters. The maximum atomic E-state index is 11.7. The normalized spacial score (nSPS) is 12.1. The molecule has 0 saturated carbocycles. The van der Waals surface area contributed by atoms with Crippen LogP contribution in [0.25, 0.3) is 43.8 Å². The summed E-state index contributed by atoms with van der Waals surface area (Å²) in [5, 5.41) is 14.5. The van der Waals surface area contributed by atoms with Crippen LogP contribution in [0.15, 0.2) is 78.6 Å². The van der Waals surface area contributed by atoms with Crippen molar-refractivity contribution in [2.24, 2.45) is 11.8 Å². The van der Waals surface area contributed by atoms with Crippen LogP contribution in [0, 0.1) is 17.9 Å². The minimum absolute atomic E-state index is 0. The van der Waals surface area contributed by atoms with Gasteiger partial charge in [-0.05, 0) is 59.9 Å². The molecule has 1 N–H and O–H groups in total. The zero-order chi connectivity index (χ0) is 33.6. The van der Waals surface area contributed by atoms with Gasteiger partial charge in [-0.1, -0.05) is 116 Å². The first-order valence-electron chi connectivity index (χ1n) is 17.0. The summed E-state index contributed by atoms with van der Waals surface area (Å²) in [4.78, 5) is 22.0. The van der Waals surface area contributed by atoms with Crippen LogP contribution in [0.1, 0.15) is 105 Å². The molecule has 251 valence electrons. The van der Waals surface area contributed by atoms with Gasteiger partial charge in [0.05, 0.1) is 16.8 Å². The van der Waals surface area contributed by atoms with Crippen LogP contribution in [0.4, 0.5) is 0 Å². The van der Waals surface area contributed by atoms with E-state index in [0.29, 0.717) is 0 Å². The summed E-state index contributed by atoms with van der Waals surface area (Å²) in [6, 6.07) is 27.1. The third-order valence-electron chi connectivity index (χ3n) is 9.03. The summed E-state index contributed by atoms with van der Waals surface area (Å²) in [6.45, 7) is 19.2. The molecule has 1 aromatic heterocycles. The van der Waals surface area contributed by atoms with E-state index in [1.807, 2.05) is 27.7 Å². The molecule has 5 rings (SSSR count). The third-order valence-corrected chi connectivity index (χ3v) is 9.03. The number of hydrogen-bond donors (Lipinski definition) is 1. The summed E-state index contributed by atoms with van der Waals surface area (Å²) >= 11 is 0. The predicted molar refractivity (Wildman–Crippen MR) is 195 cm³/mol. The van der Waals surface area contributed by atoms with E-state index in [1.165, 1.54) is 27.8 Å². The number of fused-ring (bicyclic) bond motifs is 3. The molecular weight excluding hydrogens is 757 g/mol. The van der Waals surface area contributed by atoms with Crippen molar-refractivity contribution >= 4 is 38.4 Å². The first-order valence-corrected chi connectivity index (χ1v) is 17.0. The molecule has 0 aliphatic rings. The van der Waals surface area contributed by atoms with Crippen molar-refractivity contribution in [1.29, 1.82) is 0 Å². The second-order valence-electron chi connectivity index (χ2n) is 13.7. The van der Waals surface area contributed by atoms with Crippen molar-refractivity contribution in [3.63, 3.8) is 0 Å². The second-order valence-corrected chi connectivity index (χ2v) is 13.7. The number of allylic oxidation sites excluding steroid dienone is 2. The van der Waals surface area contributed by atoms with E-state index >= 15 is 0 Å². The second kappa shape index (κ2) is 16.6. The zero-order valence-electron chi connectivity index (χ0n) is 29.6. The number of aromatic nitrogens is 2. The first-order chi connectivity index (χ1) is 21.9. The van der Waals surface area contributed by atoms with Crippen molar-refractivity contribution in [2.75, 3.05) is 0 Å². The van der Waals surface area contributed by atoms with Crippen LogP contribution < -0.4 is 0 Å². The fraction of sp³-hybridized carbons (Fsp3) is 0.405. The van der Waals surface area contributed by atoms with Gasteiger partial charge >= 0.3 is 0 Å². The monoisotopic (exact) mass is 808 g/mol. The van der Waals surface area contributed by atoms with Crippen molar-refractivity contribution in [1.82, 2.24) is 9.97 Å². The minimum Gasteiger partial charge on any atom is -0.512 e. The van der Waals surface area contributed by atoms with Crippen molar-refractivity contribution in [3.05, 3.63) is 95.9 Å². The van der Waals surface area contributed by atoms with Crippen molar-refractivity contribution in [2.45, 2.75) is 99.3 Å². The standard InChI is InChI=1S/C29H27N2.C13H24O2.Ir/c1-18(2)27-28(31-26-17-20-11-7-6-10-19(20)16-25(26)30-27)22-14-21-12-8-9-13-23(21)24(15-22)29(3,4)5;1-5-10(6-2)12(14)9-13(15)11(7-3)8-4;/h6-13,15-18H,1-5H3;9-11,14H,5-8H2,1-4H3;/q-1;;/b;12-9-;. The summed E-state index contributed by atoms with van der Waals surface area (Å²) in [7, 11) is 0. The number of rotatable bonds is 9. The first kappa shape index (κ1) is 38.1. The van der Waals surface area contributed by atoms with E-state index in [0.717, 1.165) is 59.1 Å². The molecule has 1 radical (unpaired) electrons. The van der Waals surface area contributed by atoms with Crippen molar-refractivity contribution < 1.29 is 30.0 Å². The Morgan fingerprint density at radius 2 is 1.34 bits per heavy atom. The van der Waals surface area contributed by atoms with Crippen LogP contribution in [-0.4, -0.2) is 20.9 Å². The van der Waals surface area contributed by atoms with E-state index < -0.39 is 0 Å². The van der Waals surface area contributed by atoms with Gasteiger partial charge in [-0.3, -0.25) is 14.8 Å². The van der Waals surface area contributed by atoms with E-state index in [2.05, 4.69) is 107 Å². The van der Waals surface area contributed by atoms with Crippen LogP contribution >= 0.6 is 0 Å². The summed E-state index contributed by atoms with van der Waals surface area (Å²) in [5.74, 6) is 0.808. The molecule has 0 aliphatic heterocycles. The summed E-state index contributed by atoms with van der Waals surface area (Å²) < 4.78 is 0. The van der Waals surface area contributed by atoms with Crippen LogP contribution in [0.2, 0.25) is 0 Å². The molecule has 0 saturated heterocycles.